The van der Waals surface area contributed by atoms with Crippen LogP contribution in [0.1, 0.15) is 28.4 Å². The number of hydrogen-bond acceptors (Lipinski definition) is 5. The van der Waals surface area contributed by atoms with Gasteiger partial charge in [-0.1, -0.05) is 66.3 Å². The van der Waals surface area contributed by atoms with E-state index in [4.69, 9.17) is 11.6 Å². The normalized spacial score (nSPS) is 10.9. The zero-order valence-electron chi connectivity index (χ0n) is 16.6. The maximum Gasteiger partial charge on any atom is 0.270 e. The van der Waals surface area contributed by atoms with Gasteiger partial charge in [0, 0.05) is 12.1 Å². The van der Waals surface area contributed by atoms with Crippen LogP contribution in [0.3, 0.4) is 0 Å². The van der Waals surface area contributed by atoms with E-state index in [9.17, 15) is 14.9 Å². The van der Waals surface area contributed by atoms with Gasteiger partial charge in [0.05, 0.1) is 32.3 Å². The second-order valence-electron chi connectivity index (χ2n) is 6.95. The summed E-state index contributed by atoms with van der Waals surface area (Å²) in [5.41, 5.74) is 2.77. The number of non-ortho nitro benzene ring substituents is 1. The lowest BCUT2D eigenvalue weighted by Crippen LogP contribution is -2.30. The average molecular weight is 452 g/mol. The lowest BCUT2D eigenvalue weighted by Gasteiger charge is -2.20. The molecule has 0 saturated carbocycles. The van der Waals surface area contributed by atoms with Gasteiger partial charge in [-0.15, -0.1) is 0 Å². The molecular formula is C23H18ClN3O3S. The highest BCUT2D eigenvalue weighted by molar-refractivity contribution is 7.22. The molecule has 0 N–H and O–H groups in total. The van der Waals surface area contributed by atoms with Crippen molar-refractivity contribution in [1.29, 1.82) is 0 Å². The number of carbonyl (C=O) groups is 1. The van der Waals surface area contributed by atoms with Crippen LogP contribution in [0.25, 0.3) is 10.2 Å². The number of nitrogens with zero attached hydrogens (tertiary/aromatic N) is 3. The van der Waals surface area contributed by atoms with E-state index in [2.05, 4.69) is 18.0 Å². The third kappa shape index (κ3) is 4.42. The number of amides is 1. The summed E-state index contributed by atoms with van der Waals surface area (Å²) in [6.45, 7) is 2.35. The van der Waals surface area contributed by atoms with Crippen LogP contribution in [0.15, 0.2) is 66.7 Å². The van der Waals surface area contributed by atoms with Crippen LogP contribution >= 0.6 is 22.9 Å². The van der Waals surface area contributed by atoms with Crippen molar-refractivity contribution >= 4 is 49.9 Å². The van der Waals surface area contributed by atoms with Crippen LogP contribution in [-0.2, 0) is 13.0 Å². The number of anilines is 1. The monoisotopic (exact) mass is 451 g/mol. The van der Waals surface area contributed by atoms with Gasteiger partial charge in [-0.2, -0.15) is 0 Å². The fourth-order valence-corrected chi connectivity index (χ4v) is 4.45. The van der Waals surface area contributed by atoms with Crippen LogP contribution in [0.2, 0.25) is 5.02 Å². The number of rotatable bonds is 6. The fourth-order valence-electron chi connectivity index (χ4n) is 3.22. The number of carbonyl (C=O) groups excluding carboxylic acids is 1. The molecule has 0 bridgehead atoms. The van der Waals surface area contributed by atoms with Gasteiger partial charge in [-0.05, 0) is 35.7 Å². The third-order valence-corrected chi connectivity index (χ3v) is 6.27. The quantitative estimate of drug-likeness (QED) is 0.256. The Morgan fingerprint density at radius 3 is 2.58 bits per heavy atom. The Morgan fingerprint density at radius 1 is 1.10 bits per heavy atom. The molecule has 0 saturated heterocycles. The Hall–Kier alpha value is -3.29. The number of halogens is 1. The number of thiazole rings is 1. The minimum Gasteiger partial charge on any atom is -0.279 e. The van der Waals surface area contributed by atoms with Crippen molar-refractivity contribution < 1.29 is 9.72 Å². The molecule has 0 spiro atoms. The van der Waals surface area contributed by atoms with E-state index in [-0.39, 0.29) is 22.8 Å². The predicted molar refractivity (Wildman–Crippen MR) is 124 cm³/mol. The Balaban J connectivity index is 1.80. The summed E-state index contributed by atoms with van der Waals surface area (Å²) < 4.78 is 0.977. The van der Waals surface area contributed by atoms with Gasteiger partial charge in [0.2, 0.25) is 0 Å². The van der Waals surface area contributed by atoms with Crippen molar-refractivity contribution in [2.45, 2.75) is 19.9 Å². The van der Waals surface area contributed by atoms with Gasteiger partial charge in [0.25, 0.3) is 11.6 Å². The molecule has 0 unspecified atom stereocenters. The molecule has 0 fully saturated rings. The number of nitro groups is 1. The van der Waals surface area contributed by atoms with Crippen molar-refractivity contribution in [2.24, 2.45) is 0 Å². The fraction of sp³-hybridized carbons (Fsp3) is 0.130. The molecule has 4 aromatic rings. The summed E-state index contributed by atoms with van der Waals surface area (Å²) in [6.07, 6.45) is 0.902. The van der Waals surface area contributed by atoms with Crippen LogP contribution in [0.4, 0.5) is 10.8 Å². The summed E-state index contributed by atoms with van der Waals surface area (Å²) >= 11 is 7.67. The molecule has 1 heterocycles. The number of benzene rings is 3. The SMILES string of the molecule is CCc1ccc2nc(N(Cc3ccccc3)C(=O)c3cc([N+](=O)[O-])ccc3Cl)sc2c1. The van der Waals surface area contributed by atoms with Crippen molar-refractivity contribution in [3.63, 3.8) is 0 Å². The van der Waals surface area contributed by atoms with Gasteiger partial charge >= 0.3 is 0 Å². The number of aromatic nitrogens is 1. The zero-order valence-corrected chi connectivity index (χ0v) is 18.2. The molecule has 8 heteroatoms. The smallest absolute Gasteiger partial charge is 0.270 e. The van der Waals surface area contributed by atoms with Crippen LogP contribution < -0.4 is 4.90 Å². The summed E-state index contributed by atoms with van der Waals surface area (Å²) in [6, 6.07) is 19.4. The molecule has 6 nitrogen and oxygen atoms in total. The molecule has 0 aliphatic rings. The zero-order chi connectivity index (χ0) is 22.0. The summed E-state index contributed by atoms with van der Waals surface area (Å²) in [5.74, 6) is -0.438. The Bertz CT molecular complexity index is 1270. The molecule has 0 radical (unpaired) electrons. The summed E-state index contributed by atoms with van der Waals surface area (Å²) in [7, 11) is 0. The second kappa shape index (κ2) is 8.83. The van der Waals surface area contributed by atoms with E-state index in [1.807, 2.05) is 42.5 Å². The minimum atomic E-state index is -0.543. The first-order valence-corrected chi connectivity index (χ1v) is 10.8. The third-order valence-electron chi connectivity index (χ3n) is 4.90. The predicted octanol–water partition coefficient (Wildman–Crippen LogP) is 6.27. The largest absolute Gasteiger partial charge is 0.279 e. The molecule has 31 heavy (non-hydrogen) atoms. The van der Waals surface area contributed by atoms with Crippen molar-refractivity contribution in [3.05, 3.63) is 98.6 Å². The molecule has 4 rings (SSSR count). The van der Waals surface area contributed by atoms with E-state index in [0.717, 1.165) is 22.2 Å². The van der Waals surface area contributed by atoms with Crippen molar-refractivity contribution in [2.75, 3.05) is 4.90 Å². The highest BCUT2D eigenvalue weighted by atomic mass is 35.5. The molecule has 0 atom stereocenters. The highest BCUT2D eigenvalue weighted by Gasteiger charge is 2.25. The van der Waals surface area contributed by atoms with E-state index < -0.39 is 10.8 Å². The molecule has 1 amide bonds. The number of nitro benzene ring substituents is 1. The topological polar surface area (TPSA) is 76.3 Å². The molecule has 0 aliphatic heterocycles. The van der Waals surface area contributed by atoms with E-state index in [1.54, 1.807) is 0 Å². The van der Waals surface area contributed by atoms with Gasteiger partial charge in [0.1, 0.15) is 0 Å². The van der Waals surface area contributed by atoms with Crippen molar-refractivity contribution in [1.82, 2.24) is 4.98 Å². The average Bonchev–Trinajstić information content (AvgIpc) is 3.20. The van der Waals surface area contributed by atoms with Crippen LogP contribution in [-0.4, -0.2) is 15.8 Å². The van der Waals surface area contributed by atoms with Gasteiger partial charge in [-0.3, -0.25) is 19.8 Å². The first-order chi connectivity index (χ1) is 15.0. The molecule has 0 aliphatic carbocycles. The standard InChI is InChI=1S/C23H18ClN3O3S/c1-2-15-8-11-20-21(12-15)31-23(25-20)26(14-16-6-4-3-5-7-16)22(28)18-13-17(27(29)30)9-10-19(18)24/h3-13H,2,14H2,1H3. The lowest BCUT2D eigenvalue weighted by molar-refractivity contribution is -0.384. The molecule has 156 valence electrons. The Kier molecular flexibility index (Phi) is 5.97. The molecular weight excluding hydrogens is 434 g/mol. The number of fused-ring (bicyclic) bond motifs is 1. The Labute approximate surface area is 187 Å². The second-order valence-corrected chi connectivity index (χ2v) is 8.37. The van der Waals surface area contributed by atoms with E-state index in [0.29, 0.717) is 5.13 Å². The van der Waals surface area contributed by atoms with Gasteiger partial charge in [-0.25, -0.2) is 4.98 Å². The maximum absolute atomic E-state index is 13.5. The first-order valence-electron chi connectivity index (χ1n) is 9.65. The summed E-state index contributed by atoms with van der Waals surface area (Å²) in [4.78, 5) is 30.4. The van der Waals surface area contributed by atoms with Gasteiger partial charge in [0.15, 0.2) is 5.13 Å². The maximum atomic E-state index is 13.5. The number of aryl methyl sites for hydroxylation is 1. The highest BCUT2D eigenvalue weighted by Crippen LogP contribution is 2.33. The van der Waals surface area contributed by atoms with Gasteiger partial charge < -0.3 is 0 Å². The van der Waals surface area contributed by atoms with E-state index >= 15 is 0 Å². The lowest BCUT2D eigenvalue weighted by atomic mass is 10.1. The van der Waals surface area contributed by atoms with Crippen molar-refractivity contribution in [3.8, 4) is 0 Å². The molecule has 1 aromatic heterocycles. The first kappa shape index (κ1) is 21.0. The summed E-state index contributed by atoms with van der Waals surface area (Å²) in [5, 5.41) is 11.9. The van der Waals surface area contributed by atoms with Crippen LogP contribution in [0, 0.1) is 10.1 Å². The minimum absolute atomic E-state index is 0.0697. The number of hydrogen-bond donors (Lipinski definition) is 0. The Morgan fingerprint density at radius 2 is 1.87 bits per heavy atom. The molecule has 3 aromatic carbocycles. The van der Waals surface area contributed by atoms with E-state index in [1.165, 1.54) is 40.0 Å². The van der Waals surface area contributed by atoms with Crippen LogP contribution in [0.5, 0.6) is 0 Å².